The Morgan fingerprint density at radius 2 is 1.65 bits per heavy atom. The second kappa shape index (κ2) is 4.78. The molecular weight excluding hydrogens is 246 g/mol. The number of rotatable bonds is 3. The summed E-state index contributed by atoms with van der Waals surface area (Å²) in [5, 5.41) is 0. The third-order valence-electron chi connectivity index (χ3n) is 4.29. The molecule has 2 aromatic carbocycles. The number of likely N-dealkylation sites (N-methyl/N-ethyl adjacent to an activating group) is 1. The largest absolute Gasteiger partial charge is 0.314 e. The summed E-state index contributed by atoms with van der Waals surface area (Å²) >= 11 is 0. The van der Waals surface area contributed by atoms with Gasteiger partial charge in [-0.25, -0.2) is 0 Å². The second-order valence-electron chi connectivity index (χ2n) is 5.40. The van der Waals surface area contributed by atoms with E-state index < -0.39 is 5.41 Å². The van der Waals surface area contributed by atoms with E-state index in [1.807, 2.05) is 43.4 Å². The van der Waals surface area contributed by atoms with Gasteiger partial charge >= 0.3 is 0 Å². The SMILES string of the molecule is CCC[C@@]1(c2ccccc2)C(=O)N(C)c2ccccc21. The first-order valence-electron chi connectivity index (χ1n) is 7.15. The van der Waals surface area contributed by atoms with Gasteiger partial charge in [-0.05, 0) is 23.6 Å². The number of hydrogen-bond donors (Lipinski definition) is 0. The Balaban J connectivity index is 2.28. The number of carbonyl (C=O) groups excluding carboxylic acids is 1. The van der Waals surface area contributed by atoms with Gasteiger partial charge in [0.05, 0.1) is 0 Å². The highest BCUT2D eigenvalue weighted by Crippen LogP contribution is 2.48. The number of hydrogen-bond acceptors (Lipinski definition) is 1. The summed E-state index contributed by atoms with van der Waals surface area (Å²) in [6.45, 7) is 2.14. The van der Waals surface area contributed by atoms with Crippen molar-refractivity contribution in [2.45, 2.75) is 25.2 Å². The van der Waals surface area contributed by atoms with Crippen molar-refractivity contribution in [3.63, 3.8) is 0 Å². The Morgan fingerprint density at radius 3 is 2.35 bits per heavy atom. The first-order chi connectivity index (χ1) is 9.71. The van der Waals surface area contributed by atoms with Crippen molar-refractivity contribution in [3.05, 3.63) is 65.7 Å². The molecule has 0 N–H and O–H groups in total. The lowest BCUT2D eigenvalue weighted by Crippen LogP contribution is -2.39. The van der Waals surface area contributed by atoms with Gasteiger partial charge in [0.15, 0.2) is 0 Å². The van der Waals surface area contributed by atoms with Crippen LogP contribution in [0.2, 0.25) is 0 Å². The lowest BCUT2D eigenvalue weighted by molar-refractivity contribution is -0.121. The Morgan fingerprint density at radius 1 is 1.00 bits per heavy atom. The van der Waals surface area contributed by atoms with Gasteiger partial charge in [-0.3, -0.25) is 4.79 Å². The maximum Gasteiger partial charge on any atom is 0.241 e. The van der Waals surface area contributed by atoms with Gasteiger partial charge in [-0.2, -0.15) is 0 Å². The van der Waals surface area contributed by atoms with Crippen molar-refractivity contribution in [2.75, 3.05) is 11.9 Å². The van der Waals surface area contributed by atoms with E-state index in [1.165, 1.54) is 0 Å². The molecule has 0 fully saturated rings. The molecule has 0 unspecified atom stereocenters. The molecule has 1 amide bonds. The van der Waals surface area contributed by atoms with E-state index in [4.69, 9.17) is 0 Å². The third-order valence-corrected chi connectivity index (χ3v) is 4.29. The molecule has 2 nitrogen and oxygen atoms in total. The molecule has 2 aromatic rings. The molecule has 0 aromatic heterocycles. The van der Waals surface area contributed by atoms with Crippen molar-refractivity contribution in [2.24, 2.45) is 0 Å². The minimum absolute atomic E-state index is 0.187. The number of para-hydroxylation sites is 1. The van der Waals surface area contributed by atoms with Crippen LogP contribution in [-0.4, -0.2) is 13.0 Å². The highest BCUT2D eigenvalue weighted by atomic mass is 16.2. The smallest absolute Gasteiger partial charge is 0.241 e. The van der Waals surface area contributed by atoms with Crippen molar-refractivity contribution in [1.82, 2.24) is 0 Å². The predicted octanol–water partition coefficient (Wildman–Crippen LogP) is 3.75. The van der Waals surface area contributed by atoms with Gasteiger partial charge in [-0.1, -0.05) is 61.9 Å². The zero-order valence-corrected chi connectivity index (χ0v) is 12.0. The van der Waals surface area contributed by atoms with Crippen LogP contribution in [0, 0.1) is 0 Å². The number of anilines is 1. The van der Waals surface area contributed by atoms with Crippen molar-refractivity contribution in [3.8, 4) is 0 Å². The Kier molecular flexibility index (Phi) is 3.09. The van der Waals surface area contributed by atoms with Crippen LogP contribution in [0.3, 0.4) is 0 Å². The van der Waals surface area contributed by atoms with Crippen LogP contribution < -0.4 is 4.90 Å². The molecule has 1 aliphatic heterocycles. The van der Waals surface area contributed by atoms with E-state index in [1.54, 1.807) is 4.90 Å². The fourth-order valence-corrected chi connectivity index (χ4v) is 3.40. The molecule has 0 aliphatic carbocycles. The van der Waals surface area contributed by atoms with Crippen LogP contribution in [-0.2, 0) is 10.2 Å². The molecule has 1 heterocycles. The Hall–Kier alpha value is -2.09. The average Bonchev–Trinajstić information content (AvgIpc) is 2.72. The minimum Gasteiger partial charge on any atom is -0.314 e. The van der Waals surface area contributed by atoms with Gasteiger partial charge in [0, 0.05) is 12.7 Å². The molecule has 2 heteroatoms. The van der Waals surface area contributed by atoms with Crippen LogP contribution in [0.15, 0.2) is 54.6 Å². The van der Waals surface area contributed by atoms with Crippen molar-refractivity contribution < 1.29 is 4.79 Å². The normalized spacial score (nSPS) is 21.1. The quantitative estimate of drug-likeness (QED) is 0.827. The number of amides is 1. The fourth-order valence-electron chi connectivity index (χ4n) is 3.40. The average molecular weight is 265 g/mol. The maximum absolute atomic E-state index is 13.0. The summed E-state index contributed by atoms with van der Waals surface area (Å²) < 4.78 is 0. The molecule has 1 atom stereocenters. The maximum atomic E-state index is 13.0. The zero-order chi connectivity index (χ0) is 14.2. The van der Waals surface area contributed by atoms with Gasteiger partial charge in [0.1, 0.15) is 5.41 Å². The molecule has 0 saturated heterocycles. The molecular formula is C18H19NO. The molecule has 0 saturated carbocycles. The Labute approximate surface area is 120 Å². The van der Waals surface area contributed by atoms with Crippen LogP contribution in [0.25, 0.3) is 0 Å². The van der Waals surface area contributed by atoms with Crippen molar-refractivity contribution >= 4 is 11.6 Å². The van der Waals surface area contributed by atoms with Gasteiger partial charge < -0.3 is 4.90 Å². The monoisotopic (exact) mass is 265 g/mol. The summed E-state index contributed by atoms with van der Waals surface area (Å²) in [5.41, 5.74) is 2.76. The fraction of sp³-hybridized carbons (Fsp3) is 0.278. The molecule has 0 radical (unpaired) electrons. The van der Waals surface area contributed by atoms with E-state index in [-0.39, 0.29) is 5.91 Å². The second-order valence-corrected chi connectivity index (χ2v) is 5.40. The van der Waals surface area contributed by atoms with Gasteiger partial charge in [0.25, 0.3) is 0 Å². The van der Waals surface area contributed by atoms with E-state index in [0.29, 0.717) is 0 Å². The predicted molar refractivity (Wildman–Crippen MR) is 82.0 cm³/mol. The standard InChI is InChI=1S/C18H19NO/c1-3-13-18(14-9-5-4-6-10-14)15-11-7-8-12-16(15)19(2)17(18)20/h4-12H,3,13H2,1-2H3/t18-/m0/s1. The van der Waals surface area contributed by atoms with E-state index >= 15 is 0 Å². The summed E-state index contributed by atoms with van der Waals surface area (Å²) in [6, 6.07) is 18.3. The lowest BCUT2D eigenvalue weighted by Gasteiger charge is -2.28. The van der Waals surface area contributed by atoms with Gasteiger partial charge in [0.2, 0.25) is 5.91 Å². The number of fused-ring (bicyclic) bond motifs is 1. The molecule has 20 heavy (non-hydrogen) atoms. The van der Waals surface area contributed by atoms with Crippen molar-refractivity contribution in [1.29, 1.82) is 0 Å². The summed E-state index contributed by atoms with van der Waals surface area (Å²) in [5.74, 6) is 0.187. The summed E-state index contributed by atoms with van der Waals surface area (Å²) in [7, 11) is 1.88. The summed E-state index contributed by atoms with van der Waals surface area (Å²) in [6.07, 6.45) is 1.82. The summed E-state index contributed by atoms with van der Waals surface area (Å²) in [4.78, 5) is 14.8. The first kappa shape index (κ1) is 12.9. The molecule has 0 bridgehead atoms. The van der Waals surface area contributed by atoms with Crippen LogP contribution >= 0.6 is 0 Å². The molecule has 1 aliphatic rings. The van der Waals surface area contributed by atoms with Crippen LogP contribution in [0.5, 0.6) is 0 Å². The highest BCUT2D eigenvalue weighted by Gasteiger charge is 2.49. The highest BCUT2D eigenvalue weighted by molar-refractivity contribution is 6.10. The van der Waals surface area contributed by atoms with E-state index in [2.05, 4.69) is 25.1 Å². The molecule has 0 spiro atoms. The Bertz CT molecular complexity index is 635. The lowest BCUT2D eigenvalue weighted by atomic mass is 9.72. The first-order valence-corrected chi connectivity index (χ1v) is 7.15. The number of benzene rings is 2. The minimum atomic E-state index is -0.513. The molecule has 3 rings (SSSR count). The van der Waals surface area contributed by atoms with Crippen LogP contribution in [0.1, 0.15) is 30.9 Å². The topological polar surface area (TPSA) is 20.3 Å². The van der Waals surface area contributed by atoms with E-state index in [9.17, 15) is 4.79 Å². The van der Waals surface area contributed by atoms with E-state index in [0.717, 1.165) is 29.7 Å². The third kappa shape index (κ3) is 1.61. The van der Waals surface area contributed by atoms with Crippen LogP contribution in [0.4, 0.5) is 5.69 Å². The number of carbonyl (C=O) groups is 1. The molecule has 102 valence electrons. The van der Waals surface area contributed by atoms with Gasteiger partial charge in [-0.15, -0.1) is 0 Å². The zero-order valence-electron chi connectivity index (χ0n) is 12.0. The number of nitrogens with zero attached hydrogens (tertiary/aromatic N) is 1.